The maximum absolute atomic E-state index is 5.25. The lowest BCUT2D eigenvalue weighted by molar-refractivity contribution is 0.194. The summed E-state index contributed by atoms with van der Waals surface area (Å²) >= 11 is 0. The number of nitrogens with zero attached hydrogens (tertiary/aromatic N) is 3. The van der Waals surface area contributed by atoms with Gasteiger partial charge in [0.2, 0.25) is 0 Å². The minimum atomic E-state index is 0.504. The number of piperidine rings is 1. The molecular formula is C15H20N4O. The highest BCUT2D eigenvalue weighted by atomic mass is 16.5. The minimum Gasteiger partial charge on any atom is -0.497 e. The van der Waals surface area contributed by atoms with Crippen molar-refractivity contribution in [1.82, 2.24) is 19.9 Å². The maximum Gasteiger partial charge on any atom is 0.122 e. The predicted molar refractivity (Wildman–Crippen MR) is 76.6 cm³/mol. The van der Waals surface area contributed by atoms with Gasteiger partial charge in [-0.3, -0.25) is 9.88 Å². The number of hydrogen-bond acceptors (Lipinski definition) is 4. The third kappa shape index (κ3) is 2.99. The largest absolute Gasteiger partial charge is 0.497 e. The number of imidazole rings is 1. The number of aromatic nitrogens is 3. The van der Waals surface area contributed by atoms with Crippen LogP contribution in [0.5, 0.6) is 5.75 Å². The summed E-state index contributed by atoms with van der Waals surface area (Å²) in [5.74, 6) is 2.48. The minimum absolute atomic E-state index is 0.504. The Morgan fingerprint density at radius 3 is 3.15 bits per heavy atom. The SMILES string of the molecule is COc1ccnc(CN2CCC[C@@H](c3ncc[nH]3)C2)c1. The Morgan fingerprint density at radius 1 is 1.40 bits per heavy atom. The molecule has 1 N–H and O–H groups in total. The number of aromatic amines is 1. The highest BCUT2D eigenvalue weighted by Crippen LogP contribution is 2.25. The second-order valence-electron chi connectivity index (χ2n) is 5.24. The van der Waals surface area contributed by atoms with Crippen LogP contribution in [0.3, 0.4) is 0 Å². The molecule has 3 heterocycles. The molecule has 0 aromatic carbocycles. The van der Waals surface area contributed by atoms with Crippen molar-refractivity contribution < 1.29 is 4.74 Å². The highest BCUT2D eigenvalue weighted by Gasteiger charge is 2.23. The molecule has 0 radical (unpaired) electrons. The van der Waals surface area contributed by atoms with E-state index in [9.17, 15) is 0 Å². The molecule has 1 atom stereocenters. The van der Waals surface area contributed by atoms with E-state index >= 15 is 0 Å². The van der Waals surface area contributed by atoms with Crippen molar-refractivity contribution in [2.75, 3.05) is 20.2 Å². The molecule has 0 unspecified atom stereocenters. The van der Waals surface area contributed by atoms with Gasteiger partial charge in [-0.15, -0.1) is 0 Å². The molecule has 5 heteroatoms. The van der Waals surface area contributed by atoms with Crippen molar-refractivity contribution in [2.24, 2.45) is 0 Å². The summed E-state index contributed by atoms with van der Waals surface area (Å²) in [6, 6.07) is 3.89. The molecule has 1 fully saturated rings. The lowest BCUT2D eigenvalue weighted by Gasteiger charge is -2.31. The van der Waals surface area contributed by atoms with E-state index in [4.69, 9.17) is 4.74 Å². The van der Waals surface area contributed by atoms with Gasteiger partial charge in [0.05, 0.1) is 12.8 Å². The van der Waals surface area contributed by atoms with Crippen molar-refractivity contribution in [1.29, 1.82) is 0 Å². The van der Waals surface area contributed by atoms with Gasteiger partial charge in [-0.05, 0) is 25.5 Å². The van der Waals surface area contributed by atoms with Crippen LogP contribution in [-0.4, -0.2) is 40.1 Å². The first-order valence-electron chi connectivity index (χ1n) is 7.05. The molecule has 0 bridgehead atoms. The molecule has 0 aliphatic carbocycles. The molecule has 106 valence electrons. The summed E-state index contributed by atoms with van der Waals surface area (Å²) in [5, 5.41) is 0. The quantitative estimate of drug-likeness (QED) is 0.927. The van der Waals surface area contributed by atoms with Crippen LogP contribution in [0.25, 0.3) is 0 Å². The van der Waals surface area contributed by atoms with Gasteiger partial charge in [-0.2, -0.15) is 0 Å². The standard InChI is InChI=1S/C15H20N4O/c1-20-14-4-5-16-13(9-14)11-19-8-2-3-12(10-19)15-17-6-7-18-15/h4-7,9,12H,2-3,8,10-11H2,1H3,(H,17,18)/t12-/m1/s1. The van der Waals surface area contributed by atoms with E-state index in [1.54, 1.807) is 7.11 Å². The summed E-state index contributed by atoms with van der Waals surface area (Å²) in [6.45, 7) is 3.02. The summed E-state index contributed by atoms with van der Waals surface area (Å²) in [5.41, 5.74) is 1.06. The molecule has 5 nitrogen and oxygen atoms in total. The molecule has 20 heavy (non-hydrogen) atoms. The number of likely N-dealkylation sites (tertiary alicyclic amines) is 1. The smallest absolute Gasteiger partial charge is 0.122 e. The molecule has 3 rings (SSSR count). The average Bonchev–Trinajstić information content (AvgIpc) is 3.02. The van der Waals surface area contributed by atoms with Crippen LogP contribution in [0, 0.1) is 0 Å². The monoisotopic (exact) mass is 272 g/mol. The van der Waals surface area contributed by atoms with Gasteiger partial charge in [0.15, 0.2) is 0 Å². The van der Waals surface area contributed by atoms with Gasteiger partial charge in [-0.1, -0.05) is 0 Å². The predicted octanol–water partition coefficient (Wildman–Crippen LogP) is 2.19. The molecule has 1 aliphatic rings. The van der Waals surface area contributed by atoms with E-state index in [2.05, 4.69) is 19.9 Å². The van der Waals surface area contributed by atoms with Crippen molar-refractivity contribution in [3.63, 3.8) is 0 Å². The molecule has 1 saturated heterocycles. The summed E-state index contributed by atoms with van der Waals surface area (Å²) in [6.07, 6.45) is 7.95. The van der Waals surface area contributed by atoms with E-state index < -0.39 is 0 Å². The van der Waals surface area contributed by atoms with Crippen LogP contribution >= 0.6 is 0 Å². The van der Waals surface area contributed by atoms with E-state index in [0.717, 1.165) is 36.9 Å². The lowest BCUT2D eigenvalue weighted by Crippen LogP contribution is -2.34. The number of H-pyrrole nitrogens is 1. The van der Waals surface area contributed by atoms with E-state index in [0.29, 0.717) is 5.92 Å². The van der Waals surface area contributed by atoms with Crippen LogP contribution in [0.1, 0.15) is 30.3 Å². The van der Waals surface area contributed by atoms with Crippen LogP contribution in [-0.2, 0) is 6.54 Å². The average molecular weight is 272 g/mol. The summed E-state index contributed by atoms with van der Waals surface area (Å²) in [4.78, 5) is 14.5. The van der Waals surface area contributed by atoms with Gasteiger partial charge >= 0.3 is 0 Å². The normalized spacial score (nSPS) is 19.9. The second kappa shape index (κ2) is 6.05. The Balaban J connectivity index is 1.65. The van der Waals surface area contributed by atoms with Crippen molar-refractivity contribution in [3.8, 4) is 5.75 Å². The van der Waals surface area contributed by atoms with Gasteiger partial charge in [0.1, 0.15) is 11.6 Å². The molecule has 2 aromatic heterocycles. The second-order valence-corrected chi connectivity index (χ2v) is 5.24. The van der Waals surface area contributed by atoms with Gasteiger partial charge < -0.3 is 9.72 Å². The van der Waals surface area contributed by atoms with Crippen molar-refractivity contribution in [2.45, 2.75) is 25.3 Å². The molecule has 2 aromatic rings. The fraction of sp³-hybridized carbons (Fsp3) is 0.467. The zero-order valence-electron chi connectivity index (χ0n) is 11.7. The number of pyridine rings is 1. The van der Waals surface area contributed by atoms with Gasteiger partial charge in [-0.25, -0.2) is 4.98 Å². The van der Waals surface area contributed by atoms with E-state index in [1.807, 2.05) is 30.7 Å². The molecule has 0 saturated carbocycles. The first-order valence-corrected chi connectivity index (χ1v) is 7.05. The Labute approximate surface area is 119 Å². The van der Waals surface area contributed by atoms with Crippen LogP contribution in [0.2, 0.25) is 0 Å². The van der Waals surface area contributed by atoms with Crippen LogP contribution in [0.4, 0.5) is 0 Å². The van der Waals surface area contributed by atoms with E-state index in [-0.39, 0.29) is 0 Å². The topological polar surface area (TPSA) is 54.0 Å². The van der Waals surface area contributed by atoms with Gasteiger partial charge in [0, 0.05) is 43.7 Å². The first-order chi connectivity index (χ1) is 9.85. The van der Waals surface area contributed by atoms with Crippen molar-refractivity contribution >= 4 is 0 Å². The molecule has 0 spiro atoms. The number of rotatable bonds is 4. The Kier molecular flexibility index (Phi) is 3.97. The maximum atomic E-state index is 5.25. The Hall–Kier alpha value is -1.88. The highest BCUT2D eigenvalue weighted by molar-refractivity contribution is 5.22. The molecule has 0 amide bonds. The number of ether oxygens (including phenoxy) is 1. The zero-order valence-corrected chi connectivity index (χ0v) is 11.7. The zero-order chi connectivity index (χ0) is 13.8. The summed E-state index contributed by atoms with van der Waals surface area (Å²) in [7, 11) is 1.69. The number of hydrogen-bond donors (Lipinski definition) is 1. The fourth-order valence-electron chi connectivity index (χ4n) is 2.82. The fourth-order valence-corrected chi connectivity index (χ4v) is 2.82. The molecular weight excluding hydrogens is 252 g/mol. The molecule has 1 aliphatic heterocycles. The lowest BCUT2D eigenvalue weighted by atomic mass is 9.97. The van der Waals surface area contributed by atoms with Crippen molar-refractivity contribution in [3.05, 3.63) is 42.2 Å². The third-order valence-corrected chi connectivity index (χ3v) is 3.82. The first kappa shape index (κ1) is 13.1. The van der Waals surface area contributed by atoms with Crippen LogP contribution in [0.15, 0.2) is 30.7 Å². The number of nitrogens with one attached hydrogen (secondary N) is 1. The number of methoxy groups -OCH3 is 1. The summed E-state index contributed by atoms with van der Waals surface area (Å²) < 4.78 is 5.25. The Bertz CT molecular complexity index is 541. The third-order valence-electron chi connectivity index (χ3n) is 3.82. The van der Waals surface area contributed by atoms with Gasteiger partial charge in [0.25, 0.3) is 0 Å². The Morgan fingerprint density at radius 2 is 2.35 bits per heavy atom. The van der Waals surface area contributed by atoms with Crippen LogP contribution < -0.4 is 4.74 Å². The van der Waals surface area contributed by atoms with E-state index in [1.165, 1.54) is 12.8 Å².